The minimum atomic E-state index is -3.54. The van der Waals surface area contributed by atoms with Gasteiger partial charge in [-0.3, -0.25) is 0 Å². The summed E-state index contributed by atoms with van der Waals surface area (Å²) in [6, 6.07) is 10.7. The third-order valence-corrected chi connectivity index (χ3v) is 9.00. The zero-order valence-corrected chi connectivity index (χ0v) is 19.0. The minimum Gasteiger partial charge on any atom is -0.348 e. The third-order valence-electron chi connectivity index (χ3n) is 5.20. The number of thiazole rings is 1. The van der Waals surface area contributed by atoms with E-state index in [2.05, 4.69) is 4.90 Å². The predicted octanol–water partition coefficient (Wildman–Crippen LogP) is 5.62. The number of sulfone groups is 1. The van der Waals surface area contributed by atoms with Crippen molar-refractivity contribution >= 4 is 49.5 Å². The number of rotatable bonds is 5. The molecule has 1 fully saturated rings. The molecule has 1 saturated heterocycles. The third kappa shape index (κ3) is 4.64. The lowest BCUT2D eigenvalue weighted by atomic mass is 10.1. The average Bonchev–Trinajstić information content (AvgIpc) is 3.19. The number of anilines is 1. The second-order valence-corrected chi connectivity index (χ2v) is 11.1. The van der Waals surface area contributed by atoms with Crippen LogP contribution in [0.4, 0.5) is 9.52 Å². The Morgan fingerprint density at radius 1 is 1.13 bits per heavy atom. The number of aromatic nitrogens is 1. The molecule has 0 saturated carbocycles. The Hall–Kier alpha value is -1.67. The molecule has 2 heterocycles. The summed E-state index contributed by atoms with van der Waals surface area (Å²) in [5.41, 5.74) is 1.87. The Morgan fingerprint density at radius 3 is 2.60 bits per heavy atom. The van der Waals surface area contributed by atoms with Gasteiger partial charge in [0.25, 0.3) is 0 Å². The molecule has 4 rings (SSSR count). The molecule has 0 radical (unpaired) electrons. The second kappa shape index (κ2) is 8.83. The fourth-order valence-corrected chi connectivity index (χ4v) is 6.69. The summed E-state index contributed by atoms with van der Waals surface area (Å²) in [4.78, 5) is 6.86. The molecule has 2 aromatic carbocycles. The molecule has 1 aliphatic rings. The first-order chi connectivity index (χ1) is 14.3. The monoisotopic (exact) mass is 484 g/mol. The molecule has 9 heteroatoms. The lowest BCUT2D eigenvalue weighted by Gasteiger charge is -2.31. The molecule has 0 amide bonds. The van der Waals surface area contributed by atoms with Crippen molar-refractivity contribution in [1.29, 1.82) is 0 Å². The first-order valence-electron chi connectivity index (χ1n) is 9.45. The first-order valence-corrected chi connectivity index (χ1v) is 12.6. The molecule has 0 aliphatic carbocycles. The van der Waals surface area contributed by atoms with Gasteiger partial charge in [0.15, 0.2) is 15.0 Å². The molecular weight excluding hydrogens is 466 g/mol. The Kier molecular flexibility index (Phi) is 6.34. The van der Waals surface area contributed by atoms with Gasteiger partial charge >= 0.3 is 0 Å². The summed E-state index contributed by atoms with van der Waals surface area (Å²) in [5.74, 6) is -0.537. The fraction of sp³-hybridized carbons (Fsp3) is 0.286. The van der Waals surface area contributed by atoms with E-state index in [4.69, 9.17) is 28.2 Å². The fourth-order valence-electron chi connectivity index (χ4n) is 3.58. The highest BCUT2D eigenvalue weighted by atomic mass is 35.5. The van der Waals surface area contributed by atoms with Gasteiger partial charge in [0.2, 0.25) is 0 Å². The van der Waals surface area contributed by atoms with Crippen molar-refractivity contribution < 1.29 is 12.8 Å². The second-order valence-electron chi connectivity index (χ2n) is 7.22. The van der Waals surface area contributed by atoms with E-state index in [0.29, 0.717) is 42.4 Å². The Bertz CT molecular complexity index is 1160. The van der Waals surface area contributed by atoms with Crippen molar-refractivity contribution in [2.75, 3.05) is 18.0 Å². The molecule has 0 unspecified atom stereocenters. The van der Waals surface area contributed by atoms with Crippen LogP contribution < -0.4 is 4.90 Å². The Morgan fingerprint density at radius 2 is 1.90 bits per heavy atom. The topological polar surface area (TPSA) is 50.3 Å². The number of halogens is 3. The number of piperidine rings is 1. The van der Waals surface area contributed by atoms with Gasteiger partial charge < -0.3 is 4.90 Å². The van der Waals surface area contributed by atoms with Crippen LogP contribution in [0.25, 0.3) is 0 Å². The van der Waals surface area contributed by atoms with Crippen molar-refractivity contribution in [2.24, 2.45) is 0 Å². The van der Waals surface area contributed by atoms with Crippen LogP contribution in [-0.4, -0.2) is 31.7 Å². The van der Waals surface area contributed by atoms with Gasteiger partial charge in [0, 0.05) is 34.9 Å². The van der Waals surface area contributed by atoms with Crippen molar-refractivity contribution in [1.82, 2.24) is 4.98 Å². The van der Waals surface area contributed by atoms with Crippen LogP contribution in [0.1, 0.15) is 24.1 Å². The number of nitrogens with zero attached hydrogens (tertiary/aromatic N) is 2. The van der Waals surface area contributed by atoms with Gasteiger partial charge in [-0.2, -0.15) is 0 Å². The standard InChI is InChI=1S/C21H19Cl2FN2O2S2/c22-15-5-4-14(20(23)11-15)10-17-13-29-21(25-17)26-8-6-18(7-9-26)30(27,28)19-3-1-2-16(24)12-19/h1-5,11-13,18H,6-10H2. The molecule has 1 aliphatic heterocycles. The summed E-state index contributed by atoms with van der Waals surface area (Å²) in [6.45, 7) is 1.18. The predicted molar refractivity (Wildman–Crippen MR) is 120 cm³/mol. The SMILES string of the molecule is O=S(=O)(c1cccc(F)c1)C1CCN(c2nc(Cc3ccc(Cl)cc3Cl)cs2)CC1. The number of hydrogen-bond donors (Lipinski definition) is 0. The van der Waals surface area contributed by atoms with E-state index >= 15 is 0 Å². The van der Waals surface area contributed by atoms with Gasteiger partial charge in [-0.05, 0) is 48.7 Å². The van der Waals surface area contributed by atoms with Crippen LogP contribution in [0, 0.1) is 5.82 Å². The van der Waals surface area contributed by atoms with Crippen LogP contribution in [0.2, 0.25) is 10.0 Å². The summed E-state index contributed by atoms with van der Waals surface area (Å²) in [7, 11) is -3.54. The first kappa shape index (κ1) is 21.6. The molecular formula is C21H19Cl2FN2O2S2. The zero-order chi connectivity index (χ0) is 21.3. The zero-order valence-electron chi connectivity index (χ0n) is 15.9. The molecule has 0 spiro atoms. The van der Waals surface area contributed by atoms with Gasteiger partial charge in [-0.1, -0.05) is 35.3 Å². The van der Waals surface area contributed by atoms with Crippen LogP contribution in [0.5, 0.6) is 0 Å². The normalized spacial score (nSPS) is 15.5. The molecule has 1 aromatic heterocycles. The van der Waals surface area contributed by atoms with E-state index in [1.165, 1.54) is 29.5 Å². The van der Waals surface area contributed by atoms with Crippen molar-refractivity contribution in [2.45, 2.75) is 29.4 Å². The highest BCUT2D eigenvalue weighted by Gasteiger charge is 2.32. The van der Waals surface area contributed by atoms with Gasteiger partial charge in [-0.15, -0.1) is 11.3 Å². The van der Waals surface area contributed by atoms with E-state index < -0.39 is 20.9 Å². The van der Waals surface area contributed by atoms with Crippen LogP contribution in [0.3, 0.4) is 0 Å². The molecule has 3 aromatic rings. The highest BCUT2D eigenvalue weighted by Crippen LogP contribution is 2.30. The molecule has 4 nitrogen and oxygen atoms in total. The smallest absolute Gasteiger partial charge is 0.185 e. The van der Waals surface area contributed by atoms with Gasteiger partial charge in [-0.25, -0.2) is 17.8 Å². The number of benzene rings is 2. The van der Waals surface area contributed by atoms with Crippen molar-refractivity contribution in [3.63, 3.8) is 0 Å². The molecule has 30 heavy (non-hydrogen) atoms. The molecule has 158 valence electrons. The molecule has 0 N–H and O–H groups in total. The summed E-state index contributed by atoms with van der Waals surface area (Å²) >= 11 is 13.7. The maximum atomic E-state index is 13.5. The van der Waals surface area contributed by atoms with E-state index in [9.17, 15) is 12.8 Å². The summed E-state index contributed by atoms with van der Waals surface area (Å²) in [6.07, 6.45) is 1.57. The Labute approximate surface area is 189 Å². The van der Waals surface area contributed by atoms with Gasteiger partial charge in [0.1, 0.15) is 5.82 Å². The van der Waals surface area contributed by atoms with Crippen molar-refractivity contribution in [3.8, 4) is 0 Å². The van der Waals surface area contributed by atoms with E-state index in [1.807, 2.05) is 11.4 Å². The van der Waals surface area contributed by atoms with Crippen LogP contribution in [-0.2, 0) is 16.3 Å². The lowest BCUT2D eigenvalue weighted by molar-refractivity contribution is 0.528. The Balaban J connectivity index is 1.41. The summed E-state index contributed by atoms with van der Waals surface area (Å²) < 4.78 is 39.1. The van der Waals surface area contributed by atoms with E-state index in [-0.39, 0.29) is 4.90 Å². The summed E-state index contributed by atoms with van der Waals surface area (Å²) in [5, 5.41) is 3.56. The molecule has 0 bridgehead atoms. The minimum absolute atomic E-state index is 0.0531. The highest BCUT2D eigenvalue weighted by molar-refractivity contribution is 7.92. The average molecular weight is 485 g/mol. The quantitative estimate of drug-likeness (QED) is 0.471. The number of hydrogen-bond acceptors (Lipinski definition) is 5. The maximum Gasteiger partial charge on any atom is 0.185 e. The largest absolute Gasteiger partial charge is 0.348 e. The lowest BCUT2D eigenvalue weighted by Crippen LogP contribution is -2.39. The van der Waals surface area contributed by atoms with Crippen LogP contribution in [0.15, 0.2) is 52.7 Å². The van der Waals surface area contributed by atoms with Crippen molar-refractivity contribution in [3.05, 3.63) is 75.0 Å². The maximum absolute atomic E-state index is 13.5. The molecule has 0 atom stereocenters. The van der Waals surface area contributed by atoms with E-state index in [1.54, 1.807) is 12.1 Å². The van der Waals surface area contributed by atoms with Gasteiger partial charge in [0.05, 0.1) is 15.8 Å². The van der Waals surface area contributed by atoms with E-state index in [0.717, 1.165) is 22.5 Å². The van der Waals surface area contributed by atoms with Crippen LogP contribution >= 0.6 is 34.5 Å².